The Morgan fingerprint density at radius 1 is 1.35 bits per heavy atom. The lowest BCUT2D eigenvalue weighted by Crippen LogP contribution is -2.47. The zero-order valence-corrected chi connectivity index (χ0v) is 9.82. The maximum absolute atomic E-state index is 11.3. The Labute approximate surface area is 99.1 Å². The summed E-state index contributed by atoms with van der Waals surface area (Å²) in [5, 5.41) is 13.3. The number of carbonyl (C=O) groups excluding carboxylic acids is 2. The Bertz CT molecular complexity index is 334. The Balaban J connectivity index is 4.17. The summed E-state index contributed by atoms with van der Waals surface area (Å²) in [7, 11) is 0. The molecule has 0 spiro atoms. The molecule has 3 amide bonds. The minimum Gasteiger partial charge on any atom is -0.480 e. The molecule has 0 aliphatic carbocycles. The summed E-state index contributed by atoms with van der Waals surface area (Å²) < 4.78 is 0. The topological polar surface area (TPSA) is 122 Å². The van der Waals surface area contributed by atoms with Crippen molar-refractivity contribution in [3.05, 3.63) is 11.6 Å². The van der Waals surface area contributed by atoms with Gasteiger partial charge in [-0.1, -0.05) is 11.6 Å². The fourth-order valence-corrected chi connectivity index (χ4v) is 0.958. The third-order valence-corrected chi connectivity index (χ3v) is 1.78. The molecule has 0 bridgehead atoms. The van der Waals surface area contributed by atoms with Gasteiger partial charge in [0.2, 0.25) is 5.91 Å². The lowest BCUT2D eigenvalue weighted by Gasteiger charge is -2.12. The van der Waals surface area contributed by atoms with Gasteiger partial charge in [0.15, 0.2) is 0 Å². The van der Waals surface area contributed by atoms with Crippen molar-refractivity contribution in [2.75, 3.05) is 6.54 Å². The molecule has 7 nitrogen and oxygen atoms in total. The number of aliphatic carboxylic acids is 1. The first-order valence-electron chi connectivity index (χ1n) is 5.01. The maximum atomic E-state index is 11.3. The second kappa shape index (κ2) is 7.26. The van der Waals surface area contributed by atoms with Crippen molar-refractivity contribution in [1.82, 2.24) is 10.6 Å². The zero-order valence-electron chi connectivity index (χ0n) is 9.82. The zero-order chi connectivity index (χ0) is 13.4. The number of carbonyl (C=O) groups is 3. The molecule has 0 heterocycles. The van der Waals surface area contributed by atoms with Crippen molar-refractivity contribution in [3.8, 4) is 0 Å². The monoisotopic (exact) mass is 243 g/mol. The van der Waals surface area contributed by atoms with Crippen LogP contribution >= 0.6 is 0 Å². The van der Waals surface area contributed by atoms with E-state index in [1.54, 1.807) is 6.08 Å². The Morgan fingerprint density at radius 2 is 1.94 bits per heavy atom. The summed E-state index contributed by atoms with van der Waals surface area (Å²) in [5.41, 5.74) is 5.89. The third-order valence-electron chi connectivity index (χ3n) is 1.78. The van der Waals surface area contributed by atoms with Crippen LogP contribution < -0.4 is 16.4 Å². The van der Waals surface area contributed by atoms with E-state index in [2.05, 4.69) is 10.6 Å². The number of primary amides is 1. The van der Waals surface area contributed by atoms with E-state index in [-0.39, 0.29) is 6.54 Å². The first kappa shape index (κ1) is 14.9. The molecular weight excluding hydrogens is 226 g/mol. The van der Waals surface area contributed by atoms with E-state index in [0.717, 1.165) is 5.57 Å². The first-order valence-corrected chi connectivity index (χ1v) is 5.01. The van der Waals surface area contributed by atoms with Gasteiger partial charge < -0.3 is 21.5 Å². The van der Waals surface area contributed by atoms with Crippen molar-refractivity contribution in [2.45, 2.75) is 26.3 Å². The number of hydrogen-bond acceptors (Lipinski definition) is 3. The second-order valence-corrected chi connectivity index (χ2v) is 3.70. The highest BCUT2D eigenvalue weighted by atomic mass is 16.4. The van der Waals surface area contributed by atoms with Crippen LogP contribution in [0.1, 0.15) is 20.3 Å². The predicted octanol–water partition coefficient (Wildman–Crippen LogP) is -0.420. The summed E-state index contributed by atoms with van der Waals surface area (Å²) in [6.07, 6.45) is 1.33. The summed E-state index contributed by atoms with van der Waals surface area (Å²) in [4.78, 5) is 32.5. The molecule has 0 aliphatic heterocycles. The maximum Gasteiger partial charge on any atom is 0.326 e. The fraction of sp³-hybridized carbons (Fsp3) is 0.500. The van der Waals surface area contributed by atoms with Gasteiger partial charge in [0.1, 0.15) is 6.04 Å². The number of nitrogens with one attached hydrogen (secondary N) is 2. The second-order valence-electron chi connectivity index (χ2n) is 3.70. The van der Waals surface area contributed by atoms with Gasteiger partial charge in [0.05, 0.1) is 6.42 Å². The number of nitrogens with two attached hydrogens (primary N) is 1. The highest BCUT2D eigenvalue weighted by Gasteiger charge is 2.21. The van der Waals surface area contributed by atoms with Gasteiger partial charge in [-0.05, 0) is 13.8 Å². The summed E-state index contributed by atoms with van der Waals surface area (Å²) >= 11 is 0. The van der Waals surface area contributed by atoms with Crippen LogP contribution in [0.4, 0.5) is 4.79 Å². The number of rotatable bonds is 6. The first-order chi connectivity index (χ1) is 7.82. The van der Waals surface area contributed by atoms with Crippen LogP contribution in [0.3, 0.4) is 0 Å². The molecule has 0 radical (unpaired) electrons. The van der Waals surface area contributed by atoms with Crippen LogP contribution in [-0.4, -0.2) is 35.6 Å². The molecule has 0 saturated carbocycles. The molecule has 0 aromatic rings. The van der Waals surface area contributed by atoms with E-state index in [9.17, 15) is 14.4 Å². The van der Waals surface area contributed by atoms with Gasteiger partial charge in [0.25, 0.3) is 0 Å². The summed E-state index contributed by atoms with van der Waals surface area (Å²) in [5.74, 6) is -2.09. The quantitative estimate of drug-likeness (QED) is 0.473. The van der Waals surface area contributed by atoms with E-state index in [0.29, 0.717) is 0 Å². The van der Waals surface area contributed by atoms with Gasteiger partial charge in [-0.15, -0.1) is 0 Å². The average Bonchev–Trinajstić information content (AvgIpc) is 2.15. The number of allylic oxidation sites excluding steroid dienone is 1. The molecule has 0 aromatic heterocycles. The molecule has 17 heavy (non-hydrogen) atoms. The normalized spacial score (nSPS) is 11.2. The van der Waals surface area contributed by atoms with Crippen LogP contribution in [0.2, 0.25) is 0 Å². The highest BCUT2D eigenvalue weighted by molar-refractivity contribution is 5.87. The van der Waals surface area contributed by atoms with E-state index in [1.165, 1.54) is 0 Å². The smallest absolute Gasteiger partial charge is 0.326 e. The number of carboxylic acids is 1. The number of carboxylic acid groups (broad SMARTS) is 1. The molecule has 0 aliphatic rings. The SMILES string of the molecule is CC(C)=CCNC(=O)N[C@H](CC(N)=O)C(=O)O. The van der Waals surface area contributed by atoms with Gasteiger partial charge in [0, 0.05) is 6.54 Å². The summed E-state index contributed by atoms with van der Waals surface area (Å²) in [6, 6.07) is -1.96. The van der Waals surface area contributed by atoms with E-state index < -0.39 is 30.4 Å². The van der Waals surface area contributed by atoms with Gasteiger partial charge in [-0.2, -0.15) is 0 Å². The highest BCUT2D eigenvalue weighted by Crippen LogP contribution is 1.91. The molecule has 7 heteroatoms. The van der Waals surface area contributed by atoms with Crippen LogP contribution in [0, 0.1) is 0 Å². The van der Waals surface area contributed by atoms with Crippen molar-refractivity contribution < 1.29 is 19.5 Å². The van der Waals surface area contributed by atoms with Crippen molar-refractivity contribution in [2.24, 2.45) is 5.73 Å². The molecule has 1 atom stereocenters. The van der Waals surface area contributed by atoms with Crippen LogP contribution in [0.5, 0.6) is 0 Å². The van der Waals surface area contributed by atoms with Crippen LogP contribution in [0.25, 0.3) is 0 Å². The number of amides is 3. The predicted molar refractivity (Wildman–Crippen MR) is 61.2 cm³/mol. The number of urea groups is 1. The van der Waals surface area contributed by atoms with Gasteiger partial charge in [-0.3, -0.25) is 4.79 Å². The third kappa shape index (κ3) is 7.83. The van der Waals surface area contributed by atoms with Crippen molar-refractivity contribution in [3.63, 3.8) is 0 Å². The molecule has 96 valence electrons. The molecule has 0 unspecified atom stereocenters. The van der Waals surface area contributed by atoms with Crippen LogP contribution in [-0.2, 0) is 9.59 Å². The molecule has 0 fully saturated rings. The standard InChI is InChI=1S/C10H17N3O4/c1-6(2)3-4-12-10(17)13-7(9(15)16)5-8(11)14/h3,7H,4-5H2,1-2H3,(H2,11,14)(H,15,16)(H2,12,13,17)/t7-/m1/s1. The van der Waals surface area contributed by atoms with Crippen molar-refractivity contribution in [1.29, 1.82) is 0 Å². The largest absolute Gasteiger partial charge is 0.480 e. The van der Waals surface area contributed by atoms with Gasteiger partial charge >= 0.3 is 12.0 Å². The van der Waals surface area contributed by atoms with Crippen molar-refractivity contribution >= 4 is 17.9 Å². The Morgan fingerprint density at radius 3 is 2.35 bits per heavy atom. The Hall–Kier alpha value is -2.05. The molecule has 0 aromatic carbocycles. The minimum absolute atomic E-state index is 0.289. The van der Waals surface area contributed by atoms with E-state index in [1.807, 2.05) is 13.8 Å². The minimum atomic E-state index is -1.31. The van der Waals surface area contributed by atoms with Crippen LogP contribution in [0.15, 0.2) is 11.6 Å². The molecular formula is C10H17N3O4. The average molecular weight is 243 g/mol. The van der Waals surface area contributed by atoms with E-state index in [4.69, 9.17) is 10.8 Å². The summed E-state index contributed by atoms with van der Waals surface area (Å²) in [6.45, 7) is 4.02. The fourth-order valence-electron chi connectivity index (χ4n) is 0.958. The van der Waals surface area contributed by atoms with Gasteiger partial charge in [-0.25, -0.2) is 9.59 Å². The lowest BCUT2D eigenvalue weighted by molar-refractivity contribution is -0.140. The molecule has 0 saturated heterocycles. The molecule has 0 rings (SSSR count). The number of hydrogen-bond donors (Lipinski definition) is 4. The Kier molecular flexibility index (Phi) is 6.39. The molecule has 5 N–H and O–H groups in total. The van der Waals surface area contributed by atoms with E-state index >= 15 is 0 Å². The lowest BCUT2D eigenvalue weighted by atomic mass is 10.2.